The molecule has 0 aromatic carbocycles. The second kappa shape index (κ2) is 7.72. The van der Waals surface area contributed by atoms with Crippen LogP contribution in [0, 0.1) is 11.8 Å². The molecule has 1 unspecified atom stereocenters. The van der Waals surface area contributed by atoms with E-state index in [1.165, 1.54) is 0 Å². The van der Waals surface area contributed by atoms with E-state index in [-0.39, 0.29) is 30.3 Å². The van der Waals surface area contributed by atoms with Crippen LogP contribution < -0.4 is 0 Å². The van der Waals surface area contributed by atoms with Crippen molar-refractivity contribution in [2.45, 2.75) is 46.6 Å². The van der Waals surface area contributed by atoms with Gasteiger partial charge in [-0.1, -0.05) is 20.8 Å². The molecule has 5 nitrogen and oxygen atoms in total. The lowest BCUT2D eigenvalue weighted by Gasteiger charge is -2.32. The summed E-state index contributed by atoms with van der Waals surface area (Å²) >= 11 is 1.59. The van der Waals surface area contributed by atoms with Gasteiger partial charge in [-0.2, -0.15) is 0 Å². The van der Waals surface area contributed by atoms with E-state index in [9.17, 15) is 9.59 Å². The minimum Gasteiger partial charge on any atom is -0.459 e. The monoisotopic (exact) mass is 324 g/mol. The van der Waals surface area contributed by atoms with Gasteiger partial charge in [-0.25, -0.2) is 4.98 Å². The Morgan fingerprint density at radius 1 is 1.50 bits per heavy atom. The van der Waals surface area contributed by atoms with E-state index < -0.39 is 0 Å². The maximum atomic E-state index is 12.2. The highest BCUT2D eigenvalue weighted by molar-refractivity contribution is 7.09. The van der Waals surface area contributed by atoms with Gasteiger partial charge >= 0.3 is 5.97 Å². The molecule has 1 saturated heterocycles. The molecule has 2 heterocycles. The Bertz CT molecular complexity index is 527. The number of carbonyl (C=O) groups excluding carboxylic acids is 2. The fourth-order valence-electron chi connectivity index (χ4n) is 2.58. The van der Waals surface area contributed by atoms with Gasteiger partial charge in [0.1, 0.15) is 6.61 Å². The van der Waals surface area contributed by atoms with Gasteiger partial charge < -0.3 is 9.64 Å². The van der Waals surface area contributed by atoms with E-state index in [1.54, 1.807) is 16.2 Å². The summed E-state index contributed by atoms with van der Waals surface area (Å²) in [4.78, 5) is 30.4. The number of aryl methyl sites for hydroxylation is 1. The van der Waals surface area contributed by atoms with Crippen molar-refractivity contribution in [1.82, 2.24) is 9.88 Å². The molecule has 2 rings (SSSR count). The van der Waals surface area contributed by atoms with Crippen LogP contribution in [0.25, 0.3) is 0 Å². The van der Waals surface area contributed by atoms with Gasteiger partial charge in [0.15, 0.2) is 0 Å². The van der Waals surface area contributed by atoms with Gasteiger partial charge in [0.05, 0.1) is 16.6 Å². The molecule has 1 amide bonds. The first-order chi connectivity index (χ1) is 10.5. The van der Waals surface area contributed by atoms with Crippen LogP contribution in [0.1, 0.15) is 44.3 Å². The topological polar surface area (TPSA) is 59.5 Å². The summed E-state index contributed by atoms with van der Waals surface area (Å²) in [5.74, 6) is -0.338. The van der Waals surface area contributed by atoms with Crippen molar-refractivity contribution in [1.29, 1.82) is 0 Å². The lowest BCUT2D eigenvalue weighted by Crippen LogP contribution is -2.44. The van der Waals surface area contributed by atoms with E-state index in [1.807, 2.05) is 19.2 Å². The van der Waals surface area contributed by atoms with Crippen molar-refractivity contribution < 1.29 is 14.3 Å². The fraction of sp³-hybridized carbons (Fsp3) is 0.688. The lowest BCUT2D eigenvalue weighted by molar-refractivity contribution is -0.153. The summed E-state index contributed by atoms with van der Waals surface area (Å²) in [7, 11) is 0. The third-order valence-electron chi connectivity index (χ3n) is 3.82. The second-order valence-electron chi connectivity index (χ2n) is 5.97. The summed E-state index contributed by atoms with van der Waals surface area (Å²) in [6, 6.07) is 0. The fourth-order valence-corrected chi connectivity index (χ4v) is 3.30. The minimum atomic E-state index is -0.215. The minimum absolute atomic E-state index is 0.0303. The van der Waals surface area contributed by atoms with Crippen molar-refractivity contribution in [2.24, 2.45) is 11.8 Å². The van der Waals surface area contributed by atoms with Crippen molar-refractivity contribution in [2.75, 3.05) is 13.1 Å². The number of thiazole rings is 1. The first-order valence-electron chi connectivity index (χ1n) is 7.90. The van der Waals surface area contributed by atoms with Gasteiger partial charge in [-0.05, 0) is 19.3 Å². The standard InChI is InChI=1S/C16H24N2O3S/c1-4-14-17-13(10-22-14)9-21-16(20)12-6-5-7-18(8-12)15(19)11(2)3/h10-12H,4-9H2,1-3H3. The van der Waals surface area contributed by atoms with Crippen molar-refractivity contribution >= 4 is 23.2 Å². The molecular weight excluding hydrogens is 300 g/mol. The van der Waals surface area contributed by atoms with E-state index in [2.05, 4.69) is 11.9 Å². The molecule has 0 bridgehead atoms. The number of piperidine rings is 1. The summed E-state index contributed by atoms with van der Waals surface area (Å²) in [6.07, 6.45) is 2.54. The third-order valence-corrected chi connectivity index (χ3v) is 4.87. The molecule has 0 aliphatic carbocycles. The molecule has 1 fully saturated rings. The molecule has 122 valence electrons. The Morgan fingerprint density at radius 2 is 2.27 bits per heavy atom. The van der Waals surface area contributed by atoms with Crippen LogP contribution in [0.3, 0.4) is 0 Å². The number of hydrogen-bond donors (Lipinski definition) is 0. The zero-order valence-corrected chi connectivity index (χ0v) is 14.3. The van der Waals surface area contributed by atoms with Crippen LogP contribution in [-0.4, -0.2) is 34.8 Å². The van der Waals surface area contributed by atoms with Crippen LogP contribution >= 0.6 is 11.3 Å². The van der Waals surface area contributed by atoms with Crippen molar-refractivity contribution in [3.8, 4) is 0 Å². The smallest absolute Gasteiger partial charge is 0.311 e. The van der Waals surface area contributed by atoms with Crippen LogP contribution in [0.4, 0.5) is 0 Å². The molecule has 1 aliphatic rings. The normalized spacial score (nSPS) is 18.5. The summed E-state index contributed by atoms with van der Waals surface area (Å²) in [6.45, 7) is 7.27. The van der Waals surface area contributed by atoms with Gasteiger partial charge in [0.2, 0.25) is 5.91 Å². The average molecular weight is 324 g/mol. The van der Waals surface area contributed by atoms with Crippen molar-refractivity contribution in [3.05, 3.63) is 16.1 Å². The summed E-state index contributed by atoms with van der Waals surface area (Å²) < 4.78 is 5.38. The molecule has 0 spiro atoms. The SMILES string of the molecule is CCc1nc(COC(=O)C2CCCN(C(=O)C(C)C)C2)cs1. The maximum Gasteiger partial charge on any atom is 0.311 e. The van der Waals surface area contributed by atoms with Gasteiger partial charge in [0, 0.05) is 24.4 Å². The Hall–Kier alpha value is -1.43. The van der Waals surface area contributed by atoms with Gasteiger partial charge in [0.25, 0.3) is 0 Å². The predicted octanol–water partition coefficient (Wildman–Crippen LogP) is 2.64. The number of nitrogens with zero attached hydrogens (tertiary/aromatic N) is 2. The number of hydrogen-bond acceptors (Lipinski definition) is 5. The molecule has 1 aromatic rings. The van der Waals surface area contributed by atoms with Crippen LogP contribution in [0.15, 0.2) is 5.38 Å². The highest BCUT2D eigenvalue weighted by Crippen LogP contribution is 2.20. The van der Waals surface area contributed by atoms with Crippen LogP contribution in [0.2, 0.25) is 0 Å². The Kier molecular flexibility index (Phi) is 5.94. The number of esters is 1. The number of rotatable bonds is 5. The molecule has 0 saturated carbocycles. The van der Waals surface area contributed by atoms with Crippen molar-refractivity contribution in [3.63, 3.8) is 0 Å². The first-order valence-corrected chi connectivity index (χ1v) is 8.78. The number of carbonyl (C=O) groups is 2. The molecule has 0 N–H and O–H groups in total. The summed E-state index contributed by atoms with van der Waals surface area (Å²) in [5.41, 5.74) is 0.807. The molecule has 1 aliphatic heterocycles. The predicted molar refractivity (Wildman–Crippen MR) is 85.4 cm³/mol. The number of aromatic nitrogens is 1. The number of ether oxygens (including phenoxy) is 1. The van der Waals surface area contributed by atoms with Gasteiger partial charge in [-0.15, -0.1) is 11.3 Å². The van der Waals surface area contributed by atoms with Crippen LogP contribution in [0.5, 0.6) is 0 Å². The largest absolute Gasteiger partial charge is 0.459 e. The molecule has 1 atom stereocenters. The molecule has 22 heavy (non-hydrogen) atoms. The lowest BCUT2D eigenvalue weighted by atomic mass is 9.97. The second-order valence-corrected chi connectivity index (χ2v) is 6.91. The Balaban J connectivity index is 1.85. The highest BCUT2D eigenvalue weighted by atomic mass is 32.1. The van der Waals surface area contributed by atoms with Gasteiger partial charge in [-0.3, -0.25) is 9.59 Å². The zero-order valence-electron chi connectivity index (χ0n) is 13.5. The average Bonchev–Trinajstić information content (AvgIpc) is 3.00. The quantitative estimate of drug-likeness (QED) is 0.781. The molecular formula is C16H24N2O3S. The maximum absolute atomic E-state index is 12.2. The zero-order chi connectivity index (χ0) is 16.1. The Labute approximate surface area is 135 Å². The highest BCUT2D eigenvalue weighted by Gasteiger charge is 2.30. The summed E-state index contributed by atoms with van der Waals surface area (Å²) in [5, 5.41) is 2.99. The first kappa shape index (κ1) is 16.9. The Morgan fingerprint density at radius 3 is 2.91 bits per heavy atom. The van der Waals surface area contributed by atoms with E-state index in [0.717, 1.165) is 36.5 Å². The third kappa shape index (κ3) is 4.29. The molecule has 0 radical (unpaired) electrons. The van der Waals surface area contributed by atoms with Crippen LogP contribution in [-0.2, 0) is 27.4 Å². The number of amides is 1. The molecule has 1 aromatic heterocycles. The molecule has 6 heteroatoms. The number of likely N-dealkylation sites (tertiary alicyclic amines) is 1. The van der Waals surface area contributed by atoms with E-state index >= 15 is 0 Å². The van der Waals surface area contributed by atoms with E-state index in [0.29, 0.717) is 6.54 Å². The van der Waals surface area contributed by atoms with E-state index in [4.69, 9.17) is 4.74 Å².